The van der Waals surface area contributed by atoms with Crippen LogP contribution in [0.1, 0.15) is 75.2 Å². The molecule has 6 heteroatoms. The number of ketones is 1. The second-order valence-corrected chi connectivity index (χ2v) is 7.62. The highest BCUT2D eigenvalue weighted by Gasteiger charge is 2.32. The molecule has 0 aliphatic rings. The van der Waals surface area contributed by atoms with Crippen molar-refractivity contribution in [2.24, 2.45) is 7.05 Å². The second kappa shape index (κ2) is 9.74. The molecule has 1 atom stereocenters. The number of benzene rings is 1. The molecule has 6 nitrogen and oxygen atoms in total. The van der Waals surface area contributed by atoms with Crippen LogP contribution in [0.3, 0.4) is 0 Å². The molecule has 0 fully saturated rings. The van der Waals surface area contributed by atoms with Gasteiger partial charge in [-0.15, -0.1) is 0 Å². The average Bonchev–Trinajstić information content (AvgIpc) is 2.93. The highest BCUT2D eigenvalue weighted by molar-refractivity contribution is 6.07. The van der Waals surface area contributed by atoms with Crippen LogP contribution >= 0.6 is 0 Å². The molecule has 162 valence electrons. The van der Waals surface area contributed by atoms with Crippen LogP contribution in [0.5, 0.6) is 0 Å². The van der Waals surface area contributed by atoms with Gasteiger partial charge >= 0.3 is 5.97 Å². The van der Waals surface area contributed by atoms with Crippen LogP contribution in [0.25, 0.3) is 0 Å². The van der Waals surface area contributed by atoms with Gasteiger partial charge in [0.2, 0.25) is 0 Å². The van der Waals surface area contributed by atoms with Gasteiger partial charge in [-0.05, 0) is 58.7 Å². The van der Waals surface area contributed by atoms with Crippen LogP contribution in [0.4, 0.5) is 0 Å². The molecular weight excluding hydrogens is 380 g/mol. The van der Waals surface area contributed by atoms with E-state index in [1.165, 1.54) is 0 Å². The lowest BCUT2D eigenvalue weighted by atomic mass is 9.99. The summed E-state index contributed by atoms with van der Waals surface area (Å²) in [7, 11) is 1.75. The number of carbonyl (C=O) groups excluding carboxylic acids is 3. The van der Waals surface area contributed by atoms with E-state index >= 15 is 0 Å². The number of ether oxygens (including phenoxy) is 1. The predicted molar refractivity (Wildman–Crippen MR) is 117 cm³/mol. The Labute approximate surface area is 178 Å². The molecule has 0 spiro atoms. The fourth-order valence-corrected chi connectivity index (χ4v) is 3.75. The molecule has 2 rings (SSSR count). The van der Waals surface area contributed by atoms with Gasteiger partial charge in [-0.3, -0.25) is 9.59 Å². The number of carbonyl (C=O) groups is 3. The number of Topliss-reactive ketones (excluding diaryl/α,β-unsaturated/α-hetero) is 1. The standard InChI is InChI=1S/C24H32N2O4/c1-8-14-26(23(28)19-12-10-15(3)11-13-19)18(6)22(27)20-16(4)21(24(29)30-9-2)25(7)17(20)5/h10-13,18H,8-9,14H2,1-7H3. The number of amides is 1. The molecule has 30 heavy (non-hydrogen) atoms. The van der Waals surface area contributed by atoms with E-state index in [2.05, 4.69) is 0 Å². The number of hydrogen-bond acceptors (Lipinski definition) is 4. The van der Waals surface area contributed by atoms with Gasteiger partial charge in [-0.25, -0.2) is 4.79 Å². The van der Waals surface area contributed by atoms with Gasteiger partial charge in [0.1, 0.15) is 5.69 Å². The number of nitrogens with zero attached hydrogens (tertiary/aromatic N) is 2. The summed E-state index contributed by atoms with van der Waals surface area (Å²) in [6, 6.07) is 6.70. The third-order valence-electron chi connectivity index (χ3n) is 5.52. The molecule has 0 radical (unpaired) electrons. The zero-order valence-corrected chi connectivity index (χ0v) is 19.0. The van der Waals surface area contributed by atoms with E-state index in [1.54, 1.807) is 49.4 Å². The third kappa shape index (κ3) is 4.48. The van der Waals surface area contributed by atoms with E-state index in [1.807, 2.05) is 32.9 Å². The quantitative estimate of drug-likeness (QED) is 0.480. The zero-order valence-electron chi connectivity index (χ0n) is 19.0. The zero-order chi connectivity index (χ0) is 22.6. The molecule has 1 unspecified atom stereocenters. The van der Waals surface area contributed by atoms with Crippen molar-refractivity contribution in [1.82, 2.24) is 9.47 Å². The lowest BCUT2D eigenvalue weighted by Gasteiger charge is -2.28. The first-order valence-electron chi connectivity index (χ1n) is 10.4. The maximum absolute atomic E-state index is 13.5. The van der Waals surface area contributed by atoms with Crippen molar-refractivity contribution in [2.75, 3.05) is 13.2 Å². The summed E-state index contributed by atoms with van der Waals surface area (Å²) in [4.78, 5) is 40.6. The lowest BCUT2D eigenvalue weighted by Crippen LogP contribution is -2.44. The highest BCUT2D eigenvalue weighted by atomic mass is 16.5. The molecule has 0 bridgehead atoms. The van der Waals surface area contributed by atoms with Gasteiger partial charge in [0.05, 0.1) is 12.6 Å². The van der Waals surface area contributed by atoms with E-state index < -0.39 is 12.0 Å². The Kier molecular flexibility index (Phi) is 7.59. The molecule has 1 heterocycles. The van der Waals surface area contributed by atoms with E-state index in [0.29, 0.717) is 34.6 Å². The number of aromatic nitrogens is 1. The van der Waals surface area contributed by atoms with Crippen LogP contribution in [-0.4, -0.2) is 46.3 Å². The van der Waals surface area contributed by atoms with E-state index in [-0.39, 0.29) is 18.3 Å². The minimum atomic E-state index is -0.659. The number of rotatable bonds is 8. The van der Waals surface area contributed by atoms with Gasteiger partial charge in [0.15, 0.2) is 5.78 Å². The molecular formula is C24H32N2O4. The maximum atomic E-state index is 13.5. The fraction of sp³-hybridized carbons (Fsp3) is 0.458. The normalized spacial score (nSPS) is 11.8. The fourth-order valence-electron chi connectivity index (χ4n) is 3.75. The number of hydrogen-bond donors (Lipinski definition) is 0. The monoisotopic (exact) mass is 412 g/mol. The summed E-state index contributed by atoms with van der Waals surface area (Å²) in [6.45, 7) is 11.7. The first kappa shape index (κ1) is 23.4. The minimum absolute atomic E-state index is 0.172. The van der Waals surface area contributed by atoms with Crippen LogP contribution < -0.4 is 0 Å². The van der Waals surface area contributed by atoms with Crippen LogP contribution in [0, 0.1) is 20.8 Å². The molecule has 1 aromatic carbocycles. The van der Waals surface area contributed by atoms with Gasteiger partial charge < -0.3 is 14.2 Å². The average molecular weight is 413 g/mol. The molecule has 0 saturated carbocycles. The lowest BCUT2D eigenvalue weighted by molar-refractivity contribution is 0.0513. The SMILES string of the molecule is CCCN(C(=O)c1ccc(C)cc1)C(C)C(=O)c1c(C)c(C(=O)OCC)n(C)c1C. The minimum Gasteiger partial charge on any atom is -0.461 e. The second-order valence-electron chi connectivity index (χ2n) is 7.62. The van der Waals surface area contributed by atoms with Gasteiger partial charge in [0, 0.05) is 30.4 Å². The van der Waals surface area contributed by atoms with Crippen molar-refractivity contribution >= 4 is 17.7 Å². The van der Waals surface area contributed by atoms with Crippen molar-refractivity contribution in [1.29, 1.82) is 0 Å². The molecule has 1 aromatic heterocycles. The summed E-state index contributed by atoms with van der Waals surface area (Å²) < 4.78 is 6.85. The van der Waals surface area contributed by atoms with E-state index in [0.717, 1.165) is 12.0 Å². The molecule has 0 aliphatic carbocycles. The molecule has 0 N–H and O–H groups in total. The Bertz CT molecular complexity index is 941. The largest absolute Gasteiger partial charge is 0.461 e. The summed E-state index contributed by atoms with van der Waals surface area (Å²) in [5.41, 5.74) is 3.75. The Morgan fingerprint density at radius 1 is 1.07 bits per heavy atom. The van der Waals surface area contributed by atoms with Crippen molar-refractivity contribution in [3.8, 4) is 0 Å². The highest BCUT2D eigenvalue weighted by Crippen LogP contribution is 2.25. The molecule has 1 amide bonds. The topological polar surface area (TPSA) is 68.6 Å². The number of esters is 1. The summed E-state index contributed by atoms with van der Waals surface area (Å²) in [6.07, 6.45) is 0.732. The summed E-state index contributed by atoms with van der Waals surface area (Å²) >= 11 is 0. The summed E-state index contributed by atoms with van der Waals surface area (Å²) in [5, 5.41) is 0. The van der Waals surface area contributed by atoms with E-state index in [4.69, 9.17) is 4.74 Å². The van der Waals surface area contributed by atoms with Gasteiger partial charge in [0.25, 0.3) is 5.91 Å². The first-order chi connectivity index (χ1) is 14.1. The molecule has 0 aliphatic heterocycles. The smallest absolute Gasteiger partial charge is 0.355 e. The summed E-state index contributed by atoms with van der Waals surface area (Å²) in [5.74, 6) is -0.798. The Hall–Kier alpha value is -2.89. The molecule has 2 aromatic rings. The maximum Gasteiger partial charge on any atom is 0.355 e. The van der Waals surface area contributed by atoms with Crippen molar-refractivity contribution in [3.63, 3.8) is 0 Å². The van der Waals surface area contributed by atoms with Crippen LogP contribution in [0.2, 0.25) is 0 Å². The van der Waals surface area contributed by atoms with Gasteiger partial charge in [-0.1, -0.05) is 24.6 Å². The first-order valence-corrected chi connectivity index (χ1v) is 10.4. The third-order valence-corrected chi connectivity index (χ3v) is 5.52. The Balaban J connectivity index is 2.42. The number of aryl methyl sites for hydroxylation is 1. The Morgan fingerprint density at radius 2 is 1.67 bits per heavy atom. The predicted octanol–water partition coefficient (Wildman–Crippen LogP) is 4.25. The van der Waals surface area contributed by atoms with E-state index in [9.17, 15) is 14.4 Å². The van der Waals surface area contributed by atoms with Crippen molar-refractivity contribution < 1.29 is 19.1 Å². The van der Waals surface area contributed by atoms with Crippen molar-refractivity contribution in [2.45, 2.75) is 54.0 Å². The van der Waals surface area contributed by atoms with Crippen molar-refractivity contribution in [3.05, 3.63) is 57.9 Å². The van der Waals surface area contributed by atoms with Gasteiger partial charge in [-0.2, -0.15) is 0 Å². The Morgan fingerprint density at radius 3 is 2.20 bits per heavy atom. The molecule has 0 saturated heterocycles. The van der Waals surface area contributed by atoms with Crippen LogP contribution in [0.15, 0.2) is 24.3 Å². The van der Waals surface area contributed by atoms with Crippen LogP contribution in [-0.2, 0) is 11.8 Å².